The lowest BCUT2D eigenvalue weighted by molar-refractivity contribution is 0.0181. The van der Waals surface area contributed by atoms with Gasteiger partial charge in [-0.1, -0.05) is 12.1 Å². The van der Waals surface area contributed by atoms with Crippen LogP contribution in [0.4, 0.5) is 0 Å². The van der Waals surface area contributed by atoms with Crippen LogP contribution in [0.15, 0.2) is 36.4 Å². The number of hydrogen-bond acceptors (Lipinski definition) is 7. The van der Waals surface area contributed by atoms with Crippen molar-refractivity contribution in [2.45, 2.75) is 50.4 Å². The van der Waals surface area contributed by atoms with Crippen LogP contribution in [0.3, 0.4) is 0 Å². The summed E-state index contributed by atoms with van der Waals surface area (Å²) in [5.74, 6) is 2.07. The van der Waals surface area contributed by atoms with Gasteiger partial charge in [0.2, 0.25) is 0 Å². The van der Waals surface area contributed by atoms with Crippen molar-refractivity contribution in [2.24, 2.45) is 0 Å². The maximum absolute atomic E-state index is 11.2. The number of fused-ring (bicyclic) bond motifs is 8. The van der Waals surface area contributed by atoms with Gasteiger partial charge in [-0.05, 0) is 72.2 Å². The zero-order chi connectivity index (χ0) is 24.3. The molecule has 0 unspecified atom stereocenters. The average Bonchev–Trinajstić information content (AvgIpc) is 2.88. The summed E-state index contributed by atoms with van der Waals surface area (Å²) in [6.07, 6.45) is 1.58. The number of aliphatic hydroxyl groups excluding tert-OH is 2. The van der Waals surface area contributed by atoms with Crippen molar-refractivity contribution in [3.05, 3.63) is 64.2 Å². The highest BCUT2D eigenvalue weighted by Crippen LogP contribution is 2.53. The second-order valence-corrected chi connectivity index (χ2v) is 9.51. The van der Waals surface area contributed by atoms with Gasteiger partial charge in [0.1, 0.15) is 29.5 Å². The van der Waals surface area contributed by atoms with Crippen molar-refractivity contribution in [1.82, 2.24) is 0 Å². The molecule has 3 aliphatic rings. The molecule has 35 heavy (non-hydrogen) atoms. The number of phenolic OH excluding ortho intramolecular Hbond substituents is 2. The Bertz CT molecular complexity index is 1320. The lowest BCUT2D eigenvalue weighted by atomic mass is 9.77. The summed E-state index contributed by atoms with van der Waals surface area (Å²) in [7, 11) is 1.49. The lowest BCUT2D eigenvalue weighted by Crippen LogP contribution is -2.34. The SMILES string of the molecule is COc1cc([C@@H]2Oc3c(c4c(c5c3CC[C@H](CO)O5)-c3ccc(O)cc3CC4)C[C@H]2O)ccc1O. The van der Waals surface area contributed by atoms with Gasteiger partial charge in [-0.2, -0.15) is 0 Å². The summed E-state index contributed by atoms with van der Waals surface area (Å²) in [4.78, 5) is 0. The third-order valence-electron chi connectivity index (χ3n) is 7.46. The number of aryl methyl sites for hydroxylation is 1. The van der Waals surface area contributed by atoms with Gasteiger partial charge in [0.05, 0.1) is 19.8 Å². The largest absolute Gasteiger partial charge is 0.508 e. The van der Waals surface area contributed by atoms with Crippen LogP contribution in [0.1, 0.15) is 40.3 Å². The van der Waals surface area contributed by atoms with Gasteiger partial charge in [0.25, 0.3) is 0 Å². The smallest absolute Gasteiger partial charge is 0.160 e. The molecule has 0 aromatic heterocycles. The number of hydrogen-bond donors (Lipinski definition) is 4. The van der Waals surface area contributed by atoms with Crippen LogP contribution < -0.4 is 14.2 Å². The van der Waals surface area contributed by atoms with Crippen molar-refractivity contribution in [3.8, 4) is 39.9 Å². The van der Waals surface area contributed by atoms with E-state index in [1.54, 1.807) is 30.3 Å². The van der Waals surface area contributed by atoms with Crippen molar-refractivity contribution in [3.63, 3.8) is 0 Å². The maximum Gasteiger partial charge on any atom is 0.160 e. The van der Waals surface area contributed by atoms with Crippen molar-refractivity contribution < 1.29 is 34.6 Å². The highest BCUT2D eigenvalue weighted by Gasteiger charge is 2.39. The van der Waals surface area contributed by atoms with E-state index in [1.165, 1.54) is 7.11 Å². The number of benzene rings is 3. The number of aliphatic hydroxyl groups is 2. The van der Waals surface area contributed by atoms with Crippen molar-refractivity contribution in [1.29, 1.82) is 0 Å². The minimum absolute atomic E-state index is 0.0292. The molecule has 0 saturated carbocycles. The van der Waals surface area contributed by atoms with Gasteiger partial charge in [0.15, 0.2) is 11.5 Å². The third-order valence-corrected chi connectivity index (χ3v) is 7.46. The van der Waals surface area contributed by atoms with E-state index in [9.17, 15) is 20.4 Å². The minimum Gasteiger partial charge on any atom is -0.508 e. The molecule has 3 atom stereocenters. The first-order valence-electron chi connectivity index (χ1n) is 12.0. The quantitative estimate of drug-likeness (QED) is 0.457. The molecule has 0 spiro atoms. The zero-order valence-electron chi connectivity index (χ0n) is 19.5. The molecule has 7 heteroatoms. The Morgan fingerprint density at radius 3 is 2.60 bits per heavy atom. The number of rotatable bonds is 3. The first-order valence-corrected chi connectivity index (χ1v) is 12.0. The molecular weight excluding hydrogens is 448 g/mol. The van der Waals surface area contributed by atoms with Gasteiger partial charge < -0.3 is 34.6 Å². The molecule has 0 saturated heterocycles. The van der Waals surface area contributed by atoms with E-state index >= 15 is 0 Å². The van der Waals surface area contributed by atoms with E-state index in [4.69, 9.17) is 14.2 Å². The molecule has 6 rings (SSSR count). The fourth-order valence-electron chi connectivity index (χ4n) is 5.77. The highest BCUT2D eigenvalue weighted by molar-refractivity contribution is 5.84. The van der Waals surface area contributed by atoms with Crippen LogP contribution in [-0.2, 0) is 25.7 Å². The van der Waals surface area contributed by atoms with E-state index in [2.05, 4.69) is 0 Å². The van der Waals surface area contributed by atoms with Crippen LogP contribution in [-0.4, -0.2) is 46.4 Å². The Morgan fingerprint density at radius 2 is 1.80 bits per heavy atom. The molecule has 3 aromatic carbocycles. The lowest BCUT2D eigenvalue weighted by Gasteiger charge is -2.39. The Labute approximate surface area is 203 Å². The molecule has 4 N–H and O–H groups in total. The fourth-order valence-corrected chi connectivity index (χ4v) is 5.77. The molecule has 182 valence electrons. The summed E-state index contributed by atoms with van der Waals surface area (Å²) in [6.45, 7) is -0.0662. The predicted molar refractivity (Wildman–Crippen MR) is 129 cm³/mol. The number of phenols is 2. The minimum atomic E-state index is -0.783. The molecule has 0 bridgehead atoms. The third kappa shape index (κ3) is 3.49. The summed E-state index contributed by atoms with van der Waals surface area (Å²) < 4.78 is 18.1. The number of ether oxygens (including phenoxy) is 3. The van der Waals surface area contributed by atoms with Crippen LogP contribution in [0.25, 0.3) is 11.1 Å². The van der Waals surface area contributed by atoms with Crippen molar-refractivity contribution >= 4 is 0 Å². The predicted octanol–water partition coefficient (Wildman–Crippen LogP) is 3.60. The molecule has 3 aromatic rings. The van der Waals surface area contributed by atoms with E-state index in [0.29, 0.717) is 25.0 Å². The van der Waals surface area contributed by atoms with Gasteiger partial charge >= 0.3 is 0 Å². The van der Waals surface area contributed by atoms with E-state index in [1.807, 2.05) is 6.07 Å². The highest BCUT2D eigenvalue weighted by atomic mass is 16.5. The first-order chi connectivity index (χ1) is 17.0. The second-order valence-electron chi connectivity index (χ2n) is 9.51. The average molecular weight is 477 g/mol. The molecule has 2 aliphatic heterocycles. The molecular formula is C28H28O7. The molecule has 7 nitrogen and oxygen atoms in total. The van der Waals surface area contributed by atoms with Crippen LogP contribution >= 0.6 is 0 Å². The van der Waals surface area contributed by atoms with Gasteiger partial charge in [-0.3, -0.25) is 0 Å². The fraction of sp³-hybridized carbons (Fsp3) is 0.357. The monoisotopic (exact) mass is 476 g/mol. The Morgan fingerprint density at radius 1 is 0.943 bits per heavy atom. The van der Waals surface area contributed by atoms with Crippen LogP contribution in [0, 0.1) is 0 Å². The van der Waals surface area contributed by atoms with Gasteiger partial charge in [0, 0.05) is 23.1 Å². The summed E-state index contributed by atoms with van der Waals surface area (Å²) >= 11 is 0. The van der Waals surface area contributed by atoms with Crippen LogP contribution in [0.5, 0.6) is 28.7 Å². The summed E-state index contributed by atoms with van der Waals surface area (Å²) in [5, 5.41) is 41.1. The maximum atomic E-state index is 11.2. The summed E-state index contributed by atoms with van der Waals surface area (Å²) in [6, 6.07) is 10.4. The Hall–Kier alpha value is -3.42. The van der Waals surface area contributed by atoms with E-state index in [0.717, 1.165) is 63.3 Å². The summed E-state index contributed by atoms with van der Waals surface area (Å²) in [5.41, 5.74) is 6.82. The topological polar surface area (TPSA) is 109 Å². The Kier molecular flexibility index (Phi) is 5.27. The first kappa shape index (κ1) is 22.1. The number of methoxy groups -OCH3 is 1. The molecule has 1 aliphatic carbocycles. The normalized spacial score (nSPS) is 22.1. The van der Waals surface area contributed by atoms with Crippen LogP contribution in [0.2, 0.25) is 0 Å². The van der Waals surface area contributed by atoms with Gasteiger partial charge in [-0.25, -0.2) is 0 Å². The Balaban J connectivity index is 1.52. The number of aromatic hydroxyl groups is 2. The molecule has 2 heterocycles. The van der Waals surface area contributed by atoms with Gasteiger partial charge in [-0.15, -0.1) is 0 Å². The molecule has 0 fully saturated rings. The second kappa shape index (κ2) is 8.36. The zero-order valence-corrected chi connectivity index (χ0v) is 19.5. The molecule has 0 amide bonds. The standard InChI is InChI=1S/C28H28O7/c1-33-24-11-15(3-9-22(24)31)26-23(32)12-21-19-6-2-14-10-16(30)4-7-18(14)25(19)28-20(27(21)35-26)8-5-17(13-29)34-28/h3-4,7,9-11,17,23,26,29-32H,2,5-6,8,12-13H2,1H3/t17-,23-,26+/m1/s1. The van der Waals surface area contributed by atoms with Crippen molar-refractivity contribution in [2.75, 3.05) is 13.7 Å². The van der Waals surface area contributed by atoms with E-state index < -0.39 is 12.2 Å². The molecule has 0 radical (unpaired) electrons. The van der Waals surface area contributed by atoms with E-state index in [-0.39, 0.29) is 24.2 Å².